The number of methoxy groups -OCH3 is 1. The van der Waals surface area contributed by atoms with Gasteiger partial charge in [-0.15, -0.1) is 0 Å². The smallest absolute Gasteiger partial charge is 0.229 e. The zero-order valence-corrected chi connectivity index (χ0v) is 25.2. The van der Waals surface area contributed by atoms with E-state index < -0.39 is 7.14 Å². The van der Waals surface area contributed by atoms with Crippen LogP contribution in [0.15, 0.2) is 47.3 Å². The molecule has 0 spiro atoms. The minimum atomic E-state index is -2.72. The number of fused-ring (bicyclic) bond motifs is 1. The van der Waals surface area contributed by atoms with Gasteiger partial charge in [0.2, 0.25) is 5.95 Å². The number of hydrogen-bond acceptors (Lipinski definition) is 10. The highest BCUT2D eigenvalue weighted by molar-refractivity contribution is 9.10. The van der Waals surface area contributed by atoms with Crippen molar-refractivity contribution in [1.29, 1.82) is 0 Å². The number of aromatic nitrogens is 4. The number of likely N-dealkylation sites (N-methyl/N-ethyl adjacent to an activating group) is 1. The van der Waals surface area contributed by atoms with Crippen LogP contribution in [0.3, 0.4) is 0 Å². The third kappa shape index (κ3) is 5.85. The van der Waals surface area contributed by atoms with Crippen molar-refractivity contribution in [2.24, 2.45) is 0 Å². The number of piperazine rings is 1. The predicted molar refractivity (Wildman–Crippen MR) is 162 cm³/mol. The fourth-order valence-corrected chi connectivity index (χ4v) is 6.45. The lowest BCUT2D eigenvalue weighted by molar-refractivity contribution is 0.312. The highest BCUT2D eigenvalue weighted by atomic mass is 79.9. The Morgan fingerprint density at radius 3 is 2.46 bits per heavy atom. The van der Waals surface area contributed by atoms with Crippen molar-refractivity contribution in [1.82, 2.24) is 24.8 Å². The van der Waals surface area contributed by atoms with Crippen molar-refractivity contribution in [3.8, 4) is 5.75 Å². The van der Waals surface area contributed by atoms with Gasteiger partial charge in [0.15, 0.2) is 0 Å². The molecular formula is C27H32BrN8O2P. The van der Waals surface area contributed by atoms with Crippen molar-refractivity contribution >= 4 is 68.2 Å². The summed E-state index contributed by atoms with van der Waals surface area (Å²) in [6.07, 6.45) is 4.91. The molecule has 1 aliphatic rings. The highest BCUT2D eigenvalue weighted by Crippen LogP contribution is 2.41. The number of nitrogens with one attached hydrogen (secondary N) is 2. The van der Waals surface area contributed by atoms with Crippen LogP contribution in [0.1, 0.15) is 5.56 Å². The summed E-state index contributed by atoms with van der Waals surface area (Å²) in [4.78, 5) is 22.7. The fourth-order valence-electron chi connectivity index (χ4n) is 4.76. The molecule has 1 aliphatic heterocycles. The van der Waals surface area contributed by atoms with Gasteiger partial charge in [-0.05, 0) is 67.0 Å². The van der Waals surface area contributed by atoms with E-state index in [0.29, 0.717) is 44.0 Å². The van der Waals surface area contributed by atoms with E-state index in [2.05, 4.69) is 77.4 Å². The Kier molecular flexibility index (Phi) is 7.75. The number of anilines is 5. The number of ether oxygens (including phenoxy) is 1. The molecule has 0 radical (unpaired) electrons. The molecule has 39 heavy (non-hydrogen) atoms. The van der Waals surface area contributed by atoms with E-state index in [1.54, 1.807) is 39.0 Å². The molecule has 3 heterocycles. The maximum Gasteiger partial charge on any atom is 0.229 e. The standard InChI is InChI=1S/C27H32BrN8O2P/c1-17-14-21(23(38-3)15-22(17)36-12-10-35(2)11-13-36)33-27-31-16-18(28)26(34-27)32-20-7-6-19-24(30-9-8-29-19)25(20)39(4,5)37/h6-9,14-16H,10-13H2,1-5H3,(H2,31,32,33,34). The van der Waals surface area contributed by atoms with Gasteiger partial charge in [-0.1, -0.05) is 0 Å². The monoisotopic (exact) mass is 610 g/mol. The Bertz CT molecular complexity index is 1570. The SMILES string of the molecule is COc1cc(N2CCN(C)CC2)c(C)cc1Nc1ncc(Br)c(Nc2ccc3nccnc3c2P(C)(C)=O)n1. The largest absolute Gasteiger partial charge is 0.494 e. The van der Waals surface area contributed by atoms with Crippen molar-refractivity contribution in [3.63, 3.8) is 0 Å². The molecule has 2 aromatic heterocycles. The van der Waals surface area contributed by atoms with Crippen LogP contribution in [0.25, 0.3) is 11.0 Å². The second kappa shape index (κ2) is 11.1. The van der Waals surface area contributed by atoms with Crippen LogP contribution in [-0.4, -0.2) is 78.5 Å². The average molecular weight is 611 g/mol. The van der Waals surface area contributed by atoms with Crippen LogP contribution in [0.5, 0.6) is 5.75 Å². The molecule has 0 bridgehead atoms. The number of rotatable bonds is 7. The minimum Gasteiger partial charge on any atom is -0.494 e. The molecule has 2 aromatic carbocycles. The van der Waals surface area contributed by atoms with Gasteiger partial charge >= 0.3 is 0 Å². The summed E-state index contributed by atoms with van der Waals surface area (Å²) in [6.45, 7) is 9.56. The lowest BCUT2D eigenvalue weighted by Gasteiger charge is -2.35. The lowest BCUT2D eigenvalue weighted by atomic mass is 10.1. The van der Waals surface area contributed by atoms with Crippen LogP contribution in [-0.2, 0) is 4.57 Å². The first-order valence-corrected chi connectivity index (χ1v) is 16.0. The van der Waals surface area contributed by atoms with E-state index in [1.165, 1.54) is 5.69 Å². The average Bonchev–Trinajstić information content (AvgIpc) is 2.90. The molecule has 2 N–H and O–H groups in total. The van der Waals surface area contributed by atoms with Crippen molar-refractivity contribution in [3.05, 3.63) is 52.9 Å². The molecular weight excluding hydrogens is 579 g/mol. The molecule has 0 aliphatic carbocycles. The van der Waals surface area contributed by atoms with Crippen molar-refractivity contribution < 1.29 is 9.30 Å². The number of benzene rings is 2. The van der Waals surface area contributed by atoms with E-state index in [9.17, 15) is 4.57 Å². The van der Waals surface area contributed by atoms with Crippen LogP contribution >= 0.6 is 23.1 Å². The Hall–Kier alpha value is -3.27. The first-order chi connectivity index (χ1) is 18.6. The summed E-state index contributed by atoms with van der Waals surface area (Å²) in [5.41, 5.74) is 5.04. The van der Waals surface area contributed by atoms with Crippen molar-refractivity contribution in [2.75, 3.05) is 69.2 Å². The van der Waals surface area contributed by atoms with Crippen LogP contribution in [0.2, 0.25) is 0 Å². The van der Waals surface area contributed by atoms with Gasteiger partial charge in [0.25, 0.3) is 0 Å². The molecule has 0 unspecified atom stereocenters. The second-order valence-electron chi connectivity index (χ2n) is 10.0. The Morgan fingerprint density at radius 1 is 1.00 bits per heavy atom. The van der Waals surface area contributed by atoms with Crippen LogP contribution in [0.4, 0.5) is 28.8 Å². The van der Waals surface area contributed by atoms with Gasteiger partial charge in [0.05, 0.1) is 33.8 Å². The fraction of sp³-hybridized carbons (Fsp3) is 0.333. The van der Waals surface area contributed by atoms with E-state index >= 15 is 0 Å². The van der Waals surface area contributed by atoms with Gasteiger partial charge in [-0.3, -0.25) is 9.97 Å². The molecule has 12 heteroatoms. The number of halogens is 1. The Morgan fingerprint density at radius 2 is 1.74 bits per heavy atom. The van der Waals surface area contributed by atoms with Gasteiger partial charge < -0.3 is 29.7 Å². The molecule has 4 aromatic rings. The Labute approximate surface area is 236 Å². The Balaban J connectivity index is 1.46. The normalized spacial score (nSPS) is 14.5. The van der Waals surface area contributed by atoms with Gasteiger partial charge in [-0.2, -0.15) is 4.98 Å². The van der Waals surface area contributed by atoms with E-state index in [4.69, 9.17) is 9.72 Å². The summed E-state index contributed by atoms with van der Waals surface area (Å²) < 4.78 is 19.7. The number of aryl methyl sites for hydroxylation is 1. The van der Waals surface area contributed by atoms with E-state index in [0.717, 1.165) is 37.4 Å². The molecule has 1 saturated heterocycles. The van der Waals surface area contributed by atoms with Crippen LogP contribution < -0.4 is 25.6 Å². The zero-order valence-electron chi connectivity index (χ0n) is 22.7. The molecule has 0 saturated carbocycles. The summed E-state index contributed by atoms with van der Waals surface area (Å²) in [5, 5.41) is 7.29. The molecule has 0 amide bonds. The minimum absolute atomic E-state index is 0.393. The molecule has 10 nitrogen and oxygen atoms in total. The summed E-state index contributed by atoms with van der Waals surface area (Å²) in [5.74, 6) is 1.63. The zero-order chi connectivity index (χ0) is 27.7. The van der Waals surface area contributed by atoms with Gasteiger partial charge in [0, 0.05) is 56.5 Å². The van der Waals surface area contributed by atoms with Crippen LogP contribution in [0, 0.1) is 6.92 Å². The summed E-state index contributed by atoms with van der Waals surface area (Å²) in [6, 6.07) is 7.85. The van der Waals surface area contributed by atoms with Gasteiger partial charge in [-0.25, -0.2) is 4.98 Å². The summed E-state index contributed by atoms with van der Waals surface area (Å²) in [7, 11) is 1.09. The third-order valence-corrected chi connectivity index (χ3v) is 8.87. The molecule has 1 fully saturated rings. The lowest BCUT2D eigenvalue weighted by Crippen LogP contribution is -2.44. The maximum atomic E-state index is 13.3. The molecule has 5 rings (SSSR count). The second-order valence-corrected chi connectivity index (χ2v) is 14.0. The maximum absolute atomic E-state index is 13.3. The first-order valence-electron chi connectivity index (χ1n) is 12.6. The van der Waals surface area contributed by atoms with Crippen molar-refractivity contribution in [2.45, 2.75) is 6.92 Å². The van der Waals surface area contributed by atoms with Gasteiger partial charge in [0.1, 0.15) is 24.2 Å². The summed E-state index contributed by atoms with van der Waals surface area (Å²) >= 11 is 3.55. The number of nitrogens with zero attached hydrogens (tertiary/aromatic N) is 6. The van der Waals surface area contributed by atoms with E-state index in [1.807, 2.05) is 12.1 Å². The quantitative estimate of drug-likeness (QED) is 0.278. The number of hydrogen-bond donors (Lipinski definition) is 2. The first kappa shape index (κ1) is 27.3. The molecule has 204 valence electrons. The van der Waals surface area contributed by atoms with E-state index in [-0.39, 0.29) is 0 Å². The molecule has 0 atom stereocenters. The highest BCUT2D eigenvalue weighted by Gasteiger charge is 2.23. The third-order valence-electron chi connectivity index (χ3n) is 6.76. The predicted octanol–water partition coefficient (Wildman–Crippen LogP) is 4.99. The topological polar surface area (TPSA) is 108 Å².